The minimum absolute atomic E-state index is 0.163. The number of hydrogen-bond donors (Lipinski definition) is 1. The van der Waals surface area contributed by atoms with Crippen LogP contribution in [0.15, 0.2) is 0 Å². The van der Waals surface area contributed by atoms with Crippen LogP contribution in [0.25, 0.3) is 0 Å². The third-order valence-electron chi connectivity index (χ3n) is 2.29. The molecule has 0 unspecified atom stereocenters. The molecule has 0 aromatic carbocycles. The highest BCUT2D eigenvalue weighted by Gasteiger charge is 2.12. The van der Waals surface area contributed by atoms with Gasteiger partial charge in [-0.1, -0.05) is 0 Å². The van der Waals surface area contributed by atoms with Crippen molar-refractivity contribution in [1.29, 1.82) is 0 Å². The van der Waals surface area contributed by atoms with Gasteiger partial charge in [-0.05, 0) is 38.3 Å². The monoisotopic (exact) mass is 171 g/mol. The van der Waals surface area contributed by atoms with Gasteiger partial charge in [0.1, 0.15) is 0 Å². The molecular weight excluding hydrogens is 154 g/mol. The number of carbonyl (C=O) groups excluding carboxylic acids is 1. The van der Waals surface area contributed by atoms with Crippen LogP contribution in [0.4, 0.5) is 0 Å². The Bertz CT molecular complexity index is 141. The molecule has 0 aromatic rings. The average Bonchev–Trinajstić information content (AvgIpc) is 2.05. The maximum absolute atomic E-state index is 10.5. The van der Waals surface area contributed by atoms with Gasteiger partial charge in [-0.15, -0.1) is 0 Å². The van der Waals surface area contributed by atoms with Gasteiger partial charge in [0.2, 0.25) is 0 Å². The summed E-state index contributed by atoms with van der Waals surface area (Å²) >= 11 is 0. The third-order valence-corrected chi connectivity index (χ3v) is 2.29. The Morgan fingerprint density at radius 3 is 2.75 bits per heavy atom. The highest BCUT2D eigenvalue weighted by molar-refractivity contribution is 5.65. The second-order valence-corrected chi connectivity index (χ2v) is 3.32. The summed E-state index contributed by atoms with van der Waals surface area (Å²) in [6.45, 7) is 4.29. The lowest BCUT2D eigenvalue weighted by Crippen LogP contribution is -2.28. The molecule has 0 amide bonds. The van der Waals surface area contributed by atoms with Crippen molar-refractivity contribution in [1.82, 2.24) is 5.32 Å². The van der Waals surface area contributed by atoms with Crippen molar-refractivity contribution in [3.63, 3.8) is 0 Å². The second-order valence-electron chi connectivity index (χ2n) is 3.32. The van der Waals surface area contributed by atoms with E-state index in [1.165, 1.54) is 19.8 Å². The smallest absolute Gasteiger partial charge is 0.302 e. The average molecular weight is 171 g/mol. The zero-order valence-corrected chi connectivity index (χ0v) is 7.64. The molecule has 0 radical (unpaired) electrons. The molecule has 3 heteroatoms. The summed E-state index contributed by atoms with van der Waals surface area (Å²) in [6.07, 6.45) is 3.48. The van der Waals surface area contributed by atoms with Crippen LogP contribution < -0.4 is 5.32 Å². The minimum Gasteiger partial charge on any atom is -0.466 e. The Labute approximate surface area is 73.5 Å². The highest BCUT2D eigenvalue weighted by atomic mass is 16.5. The molecule has 0 saturated carbocycles. The molecule has 3 nitrogen and oxygen atoms in total. The summed E-state index contributed by atoms with van der Waals surface area (Å²) in [5, 5.41) is 3.31. The number of ether oxygens (including phenoxy) is 1. The molecule has 0 spiro atoms. The summed E-state index contributed by atoms with van der Waals surface area (Å²) < 4.78 is 4.89. The van der Waals surface area contributed by atoms with Crippen molar-refractivity contribution in [3.8, 4) is 0 Å². The number of rotatable bonds is 3. The lowest BCUT2D eigenvalue weighted by atomic mass is 9.95. The Kier molecular flexibility index (Phi) is 4.08. The van der Waals surface area contributed by atoms with Crippen LogP contribution in [0, 0.1) is 5.92 Å². The predicted molar refractivity (Wildman–Crippen MR) is 46.8 cm³/mol. The van der Waals surface area contributed by atoms with E-state index in [4.69, 9.17) is 4.74 Å². The molecule has 1 fully saturated rings. The Morgan fingerprint density at radius 1 is 1.50 bits per heavy atom. The fraction of sp³-hybridized carbons (Fsp3) is 0.889. The second kappa shape index (κ2) is 5.14. The van der Waals surface area contributed by atoms with Crippen LogP contribution in [0.2, 0.25) is 0 Å². The van der Waals surface area contributed by atoms with E-state index in [9.17, 15) is 4.79 Å². The van der Waals surface area contributed by atoms with Gasteiger partial charge in [-0.3, -0.25) is 4.79 Å². The number of nitrogens with one attached hydrogen (secondary N) is 1. The zero-order valence-electron chi connectivity index (χ0n) is 7.64. The first-order valence-corrected chi connectivity index (χ1v) is 4.63. The van der Waals surface area contributed by atoms with Crippen molar-refractivity contribution in [2.45, 2.75) is 26.2 Å². The Balaban J connectivity index is 2.01. The first-order chi connectivity index (χ1) is 5.79. The predicted octanol–water partition coefficient (Wildman–Crippen LogP) is 0.939. The molecule has 1 N–H and O–H groups in total. The van der Waals surface area contributed by atoms with Crippen molar-refractivity contribution in [2.24, 2.45) is 5.92 Å². The van der Waals surface area contributed by atoms with E-state index in [-0.39, 0.29) is 5.97 Å². The lowest BCUT2D eigenvalue weighted by Gasteiger charge is -2.21. The summed E-state index contributed by atoms with van der Waals surface area (Å²) in [6, 6.07) is 0. The number of carbonyl (C=O) groups is 1. The van der Waals surface area contributed by atoms with Crippen LogP contribution in [0.3, 0.4) is 0 Å². The van der Waals surface area contributed by atoms with Gasteiger partial charge < -0.3 is 10.1 Å². The van der Waals surface area contributed by atoms with E-state index < -0.39 is 0 Å². The van der Waals surface area contributed by atoms with Crippen LogP contribution in [-0.2, 0) is 9.53 Å². The lowest BCUT2D eigenvalue weighted by molar-refractivity contribution is -0.141. The van der Waals surface area contributed by atoms with E-state index in [2.05, 4.69) is 5.32 Å². The maximum atomic E-state index is 10.5. The van der Waals surface area contributed by atoms with Gasteiger partial charge in [0, 0.05) is 6.92 Å². The summed E-state index contributed by atoms with van der Waals surface area (Å²) in [5.41, 5.74) is 0. The largest absolute Gasteiger partial charge is 0.466 e. The Morgan fingerprint density at radius 2 is 2.17 bits per heavy atom. The first kappa shape index (κ1) is 9.52. The molecule has 1 heterocycles. The third kappa shape index (κ3) is 3.72. The van der Waals surface area contributed by atoms with Gasteiger partial charge in [-0.2, -0.15) is 0 Å². The van der Waals surface area contributed by atoms with E-state index in [1.54, 1.807) is 0 Å². The molecular formula is C9H17NO2. The minimum atomic E-state index is -0.163. The van der Waals surface area contributed by atoms with Crippen molar-refractivity contribution in [3.05, 3.63) is 0 Å². The van der Waals surface area contributed by atoms with Crippen molar-refractivity contribution < 1.29 is 9.53 Å². The van der Waals surface area contributed by atoms with Gasteiger partial charge >= 0.3 is 5.97 Å². The van der Waals surface area contributed by atoms with Crippen LogP contribution in [0.1, 0.15) is 26.2 Å². The molecule has 12 heavy (non-hydrogen) atoms. The van der Waals surface area contributed by atoms with E-state index >= 15 is 0 Å². The van der Waals surface area contributed by atoms with Gasteiger partial charge in [0.05, 0.1) is 6.61 Å². The molecule has 0 aliphatic carbocycles. The standard InChI is InChI=1S/C9H17NO2/c1-8(11)12-7-4-9-2-5-10-6-3-9/h9-10H,2-7H2,1H3. The molecule has 70 valence electrons. The quantitative estimate of drug-likeness (QED) is 0.642. The van der Waals surface area contributed by atoms with E-state index in [0.29, 0.717) is 6.61 Å². The number of hydrogen-bond acceptors (Lipinski definition) is 3. The molecule has 0 aromatic heterocycles. The molecule has 1 aliphatic heterocycles. The molecule has 0 bridgehead atoms. The molecule has 0 atom stereocenters. The highest BCUT2D eigenvalue weighted by Crippen LogP contribution is 2.15. The maximum Gasteiger partial charge on any atom is 0.302 e. The summed E-state index contributed by atoms with van der Waals surface area (Å²) in [4.78, 5) is 10.5. The van der Waals surface area contributed by atoms with E-state index in [0.717, 1.165) is 25.4 Å². The van der Waals surface area contributed by atoms with E-state index in [1.807, 2.05) is 0 Å². The van der Waals surface area contributed by atoms with Crippen molar-refractivity contribution in [2.75, 3.05) is 19.7 Å². The SMILES string of the molecule is CC(=O)OCCC1CCNCC1. The van der Waals surface area contributed by atoms with Crippen LogP contribution >= 0.6 is 0 Å². The fourth-order valence-corrected chi connectivity index (χ4v) is 1.54. The summed E-state index contributed by atoms with van der Waals surface area (Å²) in [5.74, 6) is 0.592. The summed E-state index contributed by atoms with van der Waals surface area (Å²) in [7, 11) is 0. The number of piperidine rings is 1. The van der Waals surface area contributed by atoms with Crippen LogP contribution in [0.5, 0.6) is 0 Å². The van der Waals surface area contributed by atoms with Crippen LogP contribution in [-0.4, -0.2) is 25.7 Å². The number of esters is 1. The molecule has 1 rings (SSSR count). The van der Waals surface area contributed by atoms with Gasteiger partial charge in [-0.25, -0.2) is 0 Å². The normalized spacial score (nSPS) is 19.1. The van der Waals surface area contributed by atoms with Gasteiger partial charge in [0.25, 0.3) is 0 Å². The zero-order chi connectivity index (χ0) is 8.81. The fourth-order valence-electron chi connectivity index (χ4n) is 1.54. The van der Waals surface area contributed by atoms with Crippen molar-refractivity contribution >= 4 is 5.97 Å². The molecule has 1 aliphatic rings. The first-order valence-electron chi connectivity index (χ1n) is 4.63. The van der Waals surface area contributed by atoms with Gasteiger partial charge in [0.15, 0.2) is 0 Å². The Hall–Kier alpha value is -0.570. The molecule has 1 saturated heterocycles. The topological polar surface area (TPSA) is 38.3 Å².